The molecule has 0 saturated carbocycles. The first-order chi connectivity index (χ1) is 16.4. The quantitative estimate of drug-likeness (QED) is 0.163. The summed E-state index contributed by atoms with van der Waals surface area (Å²) in [6.07, 6.45) is 0. The molecule has 1 heterocycles. The Labute approximate surface area is 220 Å². The van der Waals surface area contributed by atoms with Crippen molar-refractivity contribution in [3.63, 3.8) is 0 Å². The van der Waals surface area contributed by atoms with E-state index in [1.54, 1.807) is 25.9 Å². The van der Waals surface area contributed by atoms with Crippen LogP contribution < -0.4 is 5.30 Å². The van der Waals surface area contributed by atoms with Crippen molar-refractivity contribution >= 4 is 28.0 Å². The zero-order valence-corrected chi connectivity index (χ0v) is 27.0. The Morgan fingerprint density at radius 2 is 1.06 bits per heavy atom. The van der Waals surface area contributed by atoms with Gasteiger partial charge in [0.15, 0.2) is 0 Å². The number of allylic oxidation sites excluding steroid dienone is 2. The molecule has 5 rings (SSSR count). The SMILES string of the molecule is C=C(C(=C)[Si](C)(C)C)[Si](C)(C)C.c1ccc([PH][Ti]2([CH]3c4ccccc4-c4ccccc43)[CH2][CH2]2)cc1. The van der Waals surface area contributed by atoms with E-state index in [2.05, 4.69) is 131 Å². The van der Waals surface area contributed by atoms with E-state index in [0.717, 1.165) is 10.8 Å². The second kappa shape index (κ2) is 10.2. The fourth-order valence-corrected chi connectivity index (χ4v) is 24.9. The molecule has 35 heavy (non-hydrogen) atoms. The van der Waals surface area contributed by atoms with E-state index in [4.69, 9.17) is 0 Å². The molecule has 0 nitrogen and oxygen atoms in total. The summed E-state index contributed by atoms with van der Waals surface area (Å²) in [7, 11) is -2.39. The summed E-state index contributed by atoms with van der Waals surface area (Å²) >= 11 is -1.83. The molecule has 1 aliphatic carbocycles. The summed E-state index contributed by atoms with van der Waals surface area (Å²) in [6.45, 7) is 23.5. The predicted octanol–water partition coefficient (Wildman–Crippen LogP) is 9.53. The first-order valence-corrected chi connectivity index (χ1v) is 26.3. The number of hydrogen-bond acceptors (Lipinski definition) is 0. The first-order valence-electron chi connectivity index (χ1n) is 12.8. The van der Waals surface area contributed by atoms with Crippen LogP contribution in [0.15, 0.2) is 102 Å². The van der Waals surface area contributed by atoms with Gasteiger partial charge in [0.05, 0.1) is 16.1 Å². The van der Waals surface area contributed by atoms with Gasteiger partial charge in [-0.1, -0.05) is 62.8 Å². The van der Waals surface area contributed by atoms with E-state index in [-0.39, 0.29) is 0 Å². The van der Waals surface area contributed by atoms with Crippen LogP contribution in [-0.4, -0.2) is 16.1 Å². The van der Waals surface area contributed by atoms with Gasteiger partial charge in [-0.05, 0) is 0 Å². The molecule has 1 fully saturated rings. The molecule has 1 aliphatic heterocycles. The summed E-state index contributed by atoms with van der Waals surface area (Å²) in [5.41, 5.74) is 6.27. The van der Waals surface area contributed by atoms with Crippen molar-refractivity contribution in [3.8, 4) is 11.1 Å². The predicted molar refractivity (Wildman–Crippen MR) is 163 cm³/mol. The zero-order chi connectivity index (χ0) is 25.4. The summed E-state index contributed by atoms with van der Waals surface area (Å²) in [5, 5.41) is 4.31. The Morgan fingerprint density at radius 3 is 1.46 bits per heavy atom. The second-order valence-electron chi connectivity index (χ2n) is 12.2. The minimum atomic E-state index is -1.83. The molecule has 1 saturated heterocycles. The van der Waals surface area contributed by atoms with Crippen LogP contribution in [0.3, 0.4) is 0 Å². The van der Waals surface area contributed by atoms with Gasteiger partial charge in [0.2, 0.25) is 0 Å². The average Bonchev–Trinajstić information content (AvgIpc) is 3.50. The van der Waals surface area contributed by atoms with Gasteiger partial charge in [-0.2, -0.15) is 0 Å². The van der Waals surface area contributed by atoms with E-state index < -0.39 is 32.2 Å². The molecule has 182 valence electrons. The molecule has 0 amide bonds. The van der Waals surface area contributed by atoms with Crippen LogP contribution in [0.4, 0.5) is 0 Å². The van der Waals surface area contributed by atoms with Crippen LogP contribution in [0.1, 0.15) is 15.3 Å². The van der Waals surface area contributed by atoms with Crippen molar-refractivity contribution in [1.29, 1.82) is 0 Å². The van der Waals surface area contributed by atoms with Gasteiger partial charge in [0.1, 0.15) is 0 Å². The Hall–Kier alpha value is -1.28. The minimum absolute atomic E-state index is 0.765. The van der Waals surface area contributed by atoms with Crippen molar-refractivity contribution in [2.45, 2.75) is 53.0 Å². The van der Waals surface area contributed by atoms with Crippen LogP contribution in [0.2, 0.25) is 48.7 Å². The van der Waals surface area contributed by atoms with Gasteiger partial charge < -0.3 is 0 Å². The van der Waals surface area contributed by atoms with Crippen molar-refractivity contribution < 1.29 is 16.1 Å². The maximum atomic E-state index is 4.19. The fourth-order valence-electron chi connectivity index (χ4n) is 5.09. The molecule has 4 heteroatoms. The summed E-state index contributed by atoms with van der Waals surface area (Å²) in [6, 6.07) is 29.6. The van der Waals surface area contributed by atoms with E-state index >= 15 is 0 Å². The van der Waals surface area contributed by atoms with Crippen molar-refractivity contribution in [3.05, 3.63) is 114 Å². The number of benzene rings is 3. The molecule has 3 aromatic carbocycles. The molecular formula is C31H41PSi2Ti. The fraction of sp³-hybridized carbons (Fsp3) is 0.290. The monoisotopic (exact) mass is 548 g/mol. The summed E-state index contributed by atoms with van der Waals surface area (Å²) in [4.78, 5) is 0. The number of rotatable bonds is 6. The molecule has 3 aromatic rings. The Kier molecular flexibility index (Phi) is 7.83. The molecule has 0 bridgehead atoms. The second-order valence-corrected chi connectivity index (χ2v) is 34.6. The molecule has 0 N–H and O–H groups in total. The van der Waals surface area contributed by atoms with Gasteiger partial charge in [0.25, 0.3) is 0 Å². The van der Waals surface area contributed by atoms with E-state index in [1.807, 2.05) is 0 Å². The molecule has 2 aliphatic rings. The molecule has 0 aromatic heterocycles. The average molecular weight is 549 g/mol. The van der Waals surface area contributed by atoms with Crippen molar-refractivity contribution in [1.82, 2.24) is 0 Å². The third kappa shape index (κ3) is 5.84. The number of hydrogen-bond donors (Lipinski definition) is 0. The molecular weight excluding hydrogens is 507 g/mol. The van der Waals surface area contributed by atoms with E-state index in [0.29, 0.717) is 0 Å². The van der Waals surface area contributed by atoms with Gasteiger partial charge in [-0.15, -0.1) is 0 Å². The summed E-state index contributed by atoms with van der Waals surface area (Å²) in [5.74, 6) is 0. The van der Waals surface area contributed by atoms with Crippen LogP contribution in [0.25, 0.3) is 11.1 Å². The van der Waals surface area contributed by atoms with Crippen molar-refractivity contribution in [2.24, 2.45) is 0 Å². The molecule has 0 radical (unpaired) electrons. The van der Waals surface area contributed by atoms with Crippen LogP contribution in [-0.2, 0) is 16.1 Å². The maximum absolute atomic E-state index is 4.19. The molecule has 0 spiro atoms. The van der Waals surface area contributed by atoms with Gasteiger partial charge >= 0.3 is 143 Å². The molecule has 1 unspecified atom stereocenters. The third-order valence-corrected chi connectivity index (χ3v) is 25.2. The topological polar surface area (TPSA) is 0 Å². The third-order valence-electron chi connectivity index (χ3n) is 7.52. The van der Waals surface area contributed by atoms with Crippen LogP contribution >= 0.6 is 6.57 Å². The Balaban J connectivity index is 0.000000207. The van der Waals surface area contributed by atoms with Gasteiger partial charge in [-0.25, -0.2) is 0 Å². The Bertz CT molecular complexity index is 1160. The number of fused-ring (bicyclic) bond motifs is 3. The van der Waals surface area contributed by atoms with Crippen LogP contribution in [0.5, 0.6) is 0 Å². The molecule has 1 atom stereocenters. The summed E-state index contributed by atoms with van der Waals surface area (Å²) < 4.78 is 3.85. The zero-order valence-electron chi connectivity index (χ0n) is 22.4. The van der Waals surface area contributed by atoms with Gasteiger partial charge in [-0.3, -0.25) is 0 Å². The Morgan fingerprint density at radius 1 is 0.657 bits per heavy atom. The van der Waals surface area contributed by atoms with Crippen molar-refractivity contribution in [2.75, 3.05) is 0 Å². The normalized spacial score (nSPS) is 16.3. The van der Waals surface area contributed by atoms with Gasteiger partial charge in [0, 0.05) is 0 Å². The standard InChI is InChI=1S/C13H9.C10H22Si2.C6H6P.C2H4.Ti/c1-3-7-12-10(5-1)9-11-6-2-4-8-13(11)12;1-9(11(3,4)5)10(2)12(6,7)8;7-6-4-2-1-3-5-6;1-2;/h1-9H;1-2H2,3-8H3;1-5,7H;1-2H2;/q;;-1;;+1. The first kappa shape index (κ1) is 26.8. The van der Waals surface area contributed by atoms with E-state index in [1.165, 1.54) is 21.5 Å². The van der Waals surface area contributed by atoms with E-state index in [9.17, 15) is 0 Å². The van der Waals surface area contributed by atoms with Crippen LogP contribution in [0, 0.1) is 0 Å².